The van der Waals surface area contributed by atoms with Crippen LogP contribution in [-0.2, 0) is 6.54 Å². The minimum atomic E-state index is 0.524. The van der Waals surface area contributed by atoms with Gasteiger partial charge in [-0.05, 0) is 36.6 Å². The van der Waals surface area contributed by atoms with Gasteiger partial charge in [0.1, 0.15) is 0 Å². The molecule has 0 saturated heterocycles. The Morgan fingerprint density at radius 1 is 1.38 bits per heavy atom. The molecule has 90 valence electrons. The van der Waals surface area contributed by atoms with Crippen LogP contribution in [0, 0.1) is 5.92 Å². The Morgan fingerprint density at radius 2 is 2.06 bits per heavy atom. The van der Waals surface area contributed by atoms with Gasteiger partial charge >= 0.3 is 0 Å². The minimum absolute atomic E-state index is 0.524. The maximum Gasteiger partial charge on any atom is 0.0410 e. The van der Waals surface area contributed by atoms with Crippen LogP contribution in [0.2, 0.25) is 5.02 Å². The molecule has 1 aromatic carbocycles. The van der Waals surface area contributed by atoms with E-state index in [4.69, 9.17) is 11.6 Å². The van der Waals surface area contributed by atoms with Gasteiger partial charge in [-0.2, -0.15) is 0 Å². The molecule has 0 aliphatic carbocycles. The average Bonchev–Trinajstić information content (AvgIpc) is 2.28. The van der Waals surface area contributed by atoms with Gasteiger partial charge in [0.2, 0.25) is 0 Å². The summed E-state index contributed by atoms with van der Waals surface area (Å²) >= 11 is 9.51. The number of rotatable bonds is 5. The molecule has 16 heavy (non-hydrogen) atoms. The van der Waals surface area contributed by atoms with Crippen molar-refractivity contribution in [3.63, 3.8) is 0 Å². The Bertz CT molecular complexity index is 341. The second kappa shape index (κ2) is 6.63. The molecule has 0 aromatic heterocycles. The number of benzene rings is 1. The quantitative estimate of drug-likeness (QED) is 0.836. The van der Waals surface area contributed by atoms with E-state index in [2.05, 4.69) is 42.0 Å². The normalized spacial score (nSPS) is 14.8. The van der Waals surface area contributed by atoms with Gasteiger partial charge in [-0.25, -0.2) is 0 Å². The van der Waals surface area contributed by atoms with E-state index in [-0.39, 0.29) is 0 Å². The molecule has 2 atom stereocenters. The van der Waals surface area contributed by atoms with Crippen LogP contribution in [-0.4, -0.2) is 6.04 Å². The van der Waals surface area contributed by atoms with Gasteiger partial charge in [0, 0.05) is 22.1 Å². The fourth-order valence-electron chi connectivity index (χ4n) is 1.50. The zero-order valence-electron chi connectivity index (χ0n) is 10.1. The van der Waals surface area contributed by atoms with Gasteiger partial charge in [0.25, 0.3) is 0 Å². The van der Waals surface area contributed by atoms with E-state index < -0.39 is 0 Å². The molecule has 0 amide bonds. The van der Waals surface area contributed by atoms with E-state index in [9.17, 15) is 0 Å². The average molecular weight is 305 g/mol. The van der Waals surface area contributed by atoms with E-state index in [1.54, 1.807) is 0 Å². The highest BCUT2D eigenvalue weighted by atomic mass is 79.9. The minimum Gasteiger partial charge on any atom is -0.310 e. The van der Waals surface area contributed by atoms with Crippen molar-refractivity contribution in [3.05, 3.63) is 33.3 Å². The van der Waals surface area contributed by atoms with Gasteiger partial charge in [0.05, 0.1) is 0 Å². The number of nitrogens with one attached hydrogen (secondary N) is 1. The van der Waals surface area contributed by atoms with E-state index in [1.165, 1.54) is 12.0 Å². The standard InChI is InChI=1S/C13H19BrClN/c1-4-9(2)10(3)16-8-11-7-12(15)5-6-13(11)14/h5-7,9-10,16H,4,8H2,1-3H3. The van der Waals surface area contributed by atoms with Crippen LogP contribution in [0.25, 0.3) is 0 Å². The first-order chi connectivity index (χ1) is 7.54. The molecule has 1 aromatic rings. The highest BCUT2D eigenvalue weighted by molar-refractivity contribution is 9.10. The van der Waals surface area contributed by atoms with E-state index in [0.717, 1.165) is 16.0 Å². The second-order valence-corrected chi connectivity index (χ2v) is 5.58. The van der Waals surface area contributed by atoms with Crippen molar-refractivity contribution in [1.29, 1.82) is 0 Å². The van der Waals surface area contributed by atoms with Crippen LogP contribution in [0.3, 0.4) is 0 Å². The van der Waals surface area contributed by atoms with Crippen molar-refractivity contribution in [1.82, 2.24) is 5.32 Å². The van der Waals surface area contributed by atoms with Gasteiger partial charge in [-0.3, -0.25) is 0 Å². The van der Waals surface area contributed by atoms with Crippen molar-refractivity contribution in [2.75, 3.05) is 0 Å². The topological polar surface area (TPSA) is 12.0 Å². The number of hydrogen-bond acceptors (Lipinski definition) is 1. The predicted molar refractivity (Wildman–Crippen MR) is 74.9 cm³/mol. The van der Waals surface area contributed by atoms with Crippen LogP contribution in [0.4, 0.5) is 0 Å². The van der Waals surface area contributed by atoms with E-state index in [0.29, 0.717) is 12.0 Å². The molecule has 0 fully saturated rings. The Balaban J connectivity index is 2.57. The Kier molecular flexibility index (Phi) is 5.81. The smallest absolute Gasteiger partial charge is 0.0410 e. The Hall–Kier alpha value is -0.0500. The lowest BCUT2D eigenvalue weighted by atomic mass is 10.0. The molecule has 0 saturated carbocycles. The maximum atomic E-state index is 5.97. The molecule has 3 heteroatoms. The molecule has 0 heterocycles. The molecule has 0 bridgehead atoms. The highest BCUT2D eigenvalue weighted by Crippen LogP contribution is 2.21. The molecule has 1 N–H and O–H groups in total. The molecular formula is C13H19BrClN. The summed E-state index contributed by atoms with van der Waals surface area (Å²) in [7, 11) is 0. The molecule has 0 radical (unpaired) electrons. The third kappa shape index (κ3) is 4.08. The summed E-state index contributed by atoms with van der Waals surface area (Å²) in [5, 5.41) is 4.32. The van der Waals surface area contributed by atoms with E-state index in [1.807, 2.05) is 18.2 Å². The fraction of sp³-hybridized carbons (Fsp3) is 0.538. The number of halogens is 2. The van der Waals surface area contributed by atoms with Gasteiger partial charge < -0.3 is 5.32 Å². The molecule has 0 spiro atoms. The molecule has 1 rings (SSSR count). The SMILES string of the molecule is CCC(C)C(C)NCc1cc(Cl)ccc1Br. The van der Waals surface area contributed by atoms with Crippen molar-refractivity contribution in [3.8, 4) is 0 Å². The summed E-state index contributed by atoms with van der Waals surface area (Å²) in [6.45, 7) is 7.57. The van der Waals surface area contributed by atoms with Gasteiger partial charge in [0.15, 0.2) is 0 Å². The van der Waals surface area contributed by atoms with Crippen molar-refractivity contribution in [2.24, 2.45) is 5.92 Å². The van der Waals surface area contributed by atoms with Crippen molar-refractivity contribution >= 4 is 27.5 Å². The van der Waals surface area contributed by atoms with Crippen LogP contribution < -0.4 is 5.32 Å². The highest BCUT2D eigenvalue weighted by Gasteiger charge is 2.10. The Labute approximate surface area is 112 Å². The molecular weight excluding hydrogens is 286 g/mol. The van der Waals surface area contributed by atoms with E-state index >= 15 is 0 Å². The van der Waals surface area contributed by atoms with Gasteiger partial charge in [-0.15, -0.1) is 0 Å². The first-order valence-corrected chi connectivity index (χ1v) is 6.89. The summed E-state index contributed by atoms with van der Waals surface area (Å²) in [6, 6.07) is 6.42. The van der Waals surface area contributed by atoms with Crippen molar-refractivity contribution < 1.29 is 0 Å². The summed E-state index contributed by atoms with van der Waals surface area (Å²) in [6.07, 6.45) is 1.20. The maximum absolute atomic E-state index is 5.97. The first-order valence-electron chi connectivity index (χ1n) is 5.72. The molecule has 1 nitrogen and oxygen atoms in total. The Morgan fingerprint density at radius 3 is 2.69 bits per heavy atom. The van der Waals surface area contributed by atoms with Crippen LogP contribution in [0.15, 0.2) is 22.7 Å². The first kappa shape index (κ1) is 14.0. The lowest BCUT2D eigenvalue weighted by molar-refractivity contribution is 0.389. The van der Waals surface area contributed by atoms with Crippen LogP contribution in [0.5, 0.6) is 0 Å². The van der Waals surface area contributed by atoms with Crippen LogP contribution in [0.1, 0.15) is 32.8 Å². The third-order valence-electron chi connectivity index (χ3n) is 3.12. The monoisotopic (exact) mass is 303 g/mol. The lowest BCUT2D eigenvalue weighted by Gasteiger charge is -2.20. The summed E-state index contributed by atoms with van der Waals surface area (Å²) < 4.78 is 1.11. The zero-order chi connectivity index (χ0) is 12.1. The van der Waals surface area contributed by atoms with Crippen LogP contribution >= 0.6 is 27.5 Å². The summed E-state index contributed by atoms with van der Waals surface area (Å²) in [5.41, 5.74) is 1.21. The van der Waals surface area contributed by atoms with Gasteiger partial charge in [-0.1, -0.05) is 47.8 Å². The molecule has 0 aliphatic heterocycles. The zero-order valence-corrected chi connectivity index (χ0v) is 12.4. The summed E-state index contributed by atoms with van der Waals surface area (Å²) in [4.78, 5) is 0. The lowest BCUT2D eigenvalue weighted by Crippen LogP contribution is -2.31. The fourth-order valence-corrected chi connectivity index (χ4v) is 2.09. The van der Waals surface area contributed by atoms with Crippen molar-refractivity contribution in [2.45, 2.75) is 39.8 Å². The predicted octanol–water partition coefficient (Wildman–Crippen LogP) is 4.63. The largest absolute Gasteiger partial charge is 0.310 e. The number of hydrogen-bond donors (Lipinski definition) is 1. The molecule has 2 unspecified atom stereocenters. The molecule has 0 aliphatic rings. The third-order valence-corrected chi connectivity index (χ3v) is 4.13. The summed E-state index contributed by atoms with van der Waals surface area (Å²) in [5.74, 6) is 0.693. The second-order valence-electron chi connectivity index (χ2n) is 4.29.